The summed E-state index contributed by atoms with van der Waals surface area (Å²) in [4.78, 5) is 13.7. The minimum atomic E-state index is 0.163. The predicted molar refractivity (Wildman–Crippen MR) is 65.5 cm³/mol. The molecular weight excluding hydrogens is 222 g/mol. The van der Waals surface area contributed by atoms with Crippen LogP contribution in [0.5, 0.6) is 0 Å². The van der Waals surface area contributed by atoms with Gasteiger partial charge in [0.2, 0.25) is 0 Å². The van der Waals surface area contributed by atoms with E-state index in [9.17, 15) is 4.79 Å². The summed E-state index contributed by atoms with van der Waals surface area (Å²) < 4.78 is 0. The van der Waals surface area contributed by atoms with Crippen LogP contribution in [0.25, 0.3) is 0 Å². The van der Waals surface area contributed by atoms with Gasteiger partial charge in [-0.25, -0.2) is 0 Å². The number of benzene rings is 1. The van der Waals surface area contributed by atoms with E-state index in [0.29, 0.717) is 12.2 Å². The van der Waals surface area contributed by atoms with Gasteiger partial charge in [0.05, 0.1) is 0 Å². The lowest BCUT2D eigenvalue weighted by molar-refractivity contribution is -0.125. The molecule has 0 aromatic heterocycles. The smallest absolute Gasteiger partial charge is 0.138 e. The van der Waals surface area contributed by atoms with Crippen molar-refractivity contribution in [1.82, 2.24) is 4.90 Å². The molecule has 2 nitrogen and oxygen atoms in total. The Balaban J connectivity index is 2.01. The van der Waals surface area contributed by atoms with Crippen molar-refractivity contribution in [3.63, 3.8) is 0 Å². The second kappa shape index (κ2) is 4.98. The third-order valence-corrected chi connectivity index (χ3v) is 3.48. The van der Waals surface area contributed by atoms with Crippen LogP contribution in [0.2, 0.25) is 5.02 Å². The zero-order valence-electron chi connectivity index (χ0n) is 9.45. The molecule has 0 radical (unpaired) electrons. The van der Waals surface area contributed by atoms with Crippen LogP contribution < -0.4 is 0 Å². The Kier molecular flexibility index (Phi) is 3.62. The number of likely N-dealkylation sites (tertiary alicyclic amines) is 1. The van der Waals surface area contributed by atoms with E-state index in [1.54, 1.807) is 0 Å². The maximum atomic E-state index is 11.4. The van der Waals surface area contributed by atoms with E-state index in [1.165, 1.54) is 0 Å². The number of hydrogen-bond donors (Lipinski definition) is 0. The van der Waals surface area contributed by atoms with E-state index in [1.807, 2.05) is 31.2 Å². The highest BCUT2D eigenvalue weighted by atomic mass is 35.5. The minimum absolute atomic E-state index is 0.163. The lowest BCUT2D eigenvalue weighted by Gasteiger charge is -2.30. The van der Waals surface area contributed by atoms with Crippen molar-refractivity contribution in [1.29, 1.82) is 0 Å². The molecule has 86 valence electrons. The highest BCUT2D eigenvalue weighted by Gasteiger charge is 2.23. The zero-order valence-corrected chi connectivity index (χ0v) is 10.2. The van der Waals surface area contributed by atoms with Gasteiger partial charge in [0, 0.05) is 37.0 Å². The average Bonchev–Trinajstić information content (AvgIpc) is 2.27. The Hall–Kier alpha value is -0.860. The Morgan fingerprint density at radius 2 is 2.19 bits per heavy atom. The molecule has 1 aromatic rings. The number of hydrogen-bond acceptors (Lipinski definition) is 2. The summed E-state index contributed by atoms with van der Waals surface area (Å²) in [7, 11) is 0. The van der Waals surface area contributed by atoms with Crippen LogP contribution in [0.4, 0.5) is 0 Å². The Morgan fingerprint density at radius 3 is 2.88 bits per heavy atom. The number of nitrogens with zero attached hydrogens (tertiary/aromatic N) is 1. The van der Waals surface area contributed by atoms with Crippen molar-refractivity contribution >= 4 is 17.4 Å². The molecule has 2 rings (SSSR count). The fourth-order valence-corrected chi connectivity index (χ4v) is 2.30. The first kappa shape index (κ1) is 11.6. The van der Waals surface area contributed by atoms with Crippen LogP contribution in [0.1, 0.15) is 18.9 Å². The molecule has 0 bridgehead atoms. The van der Waals surface area contributed by atoms with E-state index < -0.39 is 0 Å². The van der Waals surface area contributed by atoms with Crippen LogP contribution in [0.15, 0.2) is 24.3 Å². The molecule has 0 spiro atoms. The molecule has 1 fully saturated rings. The lowest BCUT2D eigenvalue weighted by Crippen LogP contribution is -2.39. The number of ketones is 1. The number of rotatable bonds is 2. The topological polar surface area (TPSA) is 20.3 Å². The Morgan fingerprint density at radius 1 is 1.44 bits per heavy atom. The van der Waals surface area contributed by atoms with Gasteiger partial charge in [-0.2, -0.15) is 0 Å². The highest BCUT2D eigenvalue weighted by Crippen LogP contribution is 2.20. The predicted octanol–water partition coefficient (Wildman–Crippen LogP) is 2.75. The van der Waals surface area contributed by atoms with Crippen LogP contribution >= 0.6 is 11.6 Å². The number of carbonyl (C=O) groups excluding carboxylic acids is 1. The molecule has 0 aliphatic carbocycles. The van der Waals surface area contributed by atoms with Gasteiger partial charge in [-0.1, -0.05) is 36.7 Å². The SMILES string of the molecule is CC1CN(Cc2ccccc2Cl)CCC1=O. The molecule has 1 atom stereocenters. The summed E-state index contributed by atoms with van der Waals surface area (Å²) in [6.45, 7) is 4.55. The van der Waals surface area contributed by atoms with E-state index in [0.717, 1.165) is 30.2 Å². The summed E-state index contributed by atoms with van der Waals surface area (Å²) >= 11 is 6.11. The molecule has 1 aromatic carbocycles. The zero-order chi connectivity index (χ0) is 11.5. The minimum Gasteiger partial charge on any atom is -0.299 e. The Labute approximate surface area is 101 Å². The average molecular weight is 238 g/mol. The molecule has 1 aliphatic heterocycles. The molecule has 1 saturated heterocycles. The first-order chi connectivity index (χ1) is 7.66. The van der Waals surface area contributed by atoms with E-state index >= 15 is 0 Å². The number of Topliss-reactive ketones (excluding diaryl/α,β-unsaturated/α-hetero) is 1. The van der Waals surface area contributed by atoms with Crippen molar-refractivity contribution in [3.05, 3.63) is 34.9 Å². The van der Waals surface area contributed by atoms with Crippen molar-refractivity contribution < 1.29 is 4.79 Å². The van der Waals surface area contributed by atoms with Gasteiger partial charge in [-0.15, -0.1) is 0 Å². The molecule has 0 N–H and O–H groups in total. The van der Waals surface area contributed by atoms with Crippen molar-refractivity contribution in [2.45, 2.75) is 19.9 Å². The summed E-state index contributed by atoms with van der Waals surface area (Å²) in [6.07, 6.45) is 0.672. The molecule has 16 heavy (non-hydrogen) atoms. The summed E-state index contributed by atoms with van der Waals surface area (Å²) in [5.74, 6) is 0.548. The number of halogens is 1. The van der Waals surface area contributed by atoms with E-state index in [-0.39, 0.29) is 5.92 Å². The highest BCUT2D eigenvalue weighted by molar-refractivity contribution is 6.31. The standard InChI is InChI=1S/C13H16ClNO/c1-10-8-15(7-6-13(10)16)9-11-4-2-3-5-12(11)14/h2-5,10H,6-9H2,1H3. The lowest BCUT2D eigenvalue weighted by atomic mass is 9.98. The summed E-state index contributed by atoms with van der Waals surface area (Å²) in [6, 6.07) is 7.90. The van der Waals surface area contributed by atoms with Gasteiger partial charge in [0.1, 0.15) is 5.78 Å². The molecule has 1 heterocycles. The van der Waals surface area contributed by atoms with Gasteiger partial charge in [-0.3, -0.25) is 9.69 Å². The molecule has 3 heteroatoms. The summed E-state index contributed by atoms with van der Waals surface area (Å²) in [5.41, 5.74) is 1.14. The fraction of sp³-hybridized carbons (Fsp3) is 0.462. The maximum absolute atomic E-state index is 11.4. The van der Waals surface area contributed by atoms with Gasteiger partial charge in [0.25, 0.3) is 0 Å². The number of piperidine rings is 1. The second-order valence-electron chi connectivity index (χ2n) is 4.44. The molecule has 0 saturated carbocycles. The van der Waals surface area contributed by atoms with Crippen molar-refractivity contribution in [3.8, 4) is 0 Å². The second-order valence-corrected chi connectivity index (χ2v) is 4.85. The molecule has 1 aliphatic rings. The Bertz CT molecular complexity index is 391. The number of carbonyl (C=O) groups is 1. The normalized spacial score (nSPS) is 22.4. The molecular formula is C13H16ClNO. The van der Waals surface area contributed by atoms with Crippen LogP contribution in [-0.2, 0) is 11.3 Å². The third-order valence-electron chi connectivity index (χ3n) is 3.11. The van der Waals surface area contributed by atoms with Gasteiger partial charge in [0.15, 0.2) is 0 Å². The van der Waals surface area contributed by atoms with Crippen LogP contribution in [-0.4, -0.2) is 23.8 Å². The summed E-state index contributed by atoms with van der Waals surface area (Å²) in [5, 5.41) is 0.812. The van der Waals surface area contributed by atoms with Gasteiger partial charge >= 0.3 is 0 Å². The monoisotopic (exact) mass is 237 g/mol. The van der Waals surface area contributed by atoms with Crippen LogP contribution in [0.3, 0.4) is 0 Å². The van der Waals surface area contributed by atoms with Crippen molar-refractivity contribution in [2.75, 3.05) is 13.1 Å². The molecule has 1 unspecified atom stereocenters. The van der Waals surface area contributed by atoms with E-state index in [2.05, 4.69) is 4.90 Å². The first-order valence-electron chi connectivity index (χ1n) is 5.65. The van der Waals surface area contributed by atoms with Crippen molar-refractivity contribution in [2.24, 2.45) is 5.92 Å². The van der Waals surface area contributed by atoms with E-state index in [4.69, 9.17) is 11.6 Å². The first-order valence-corrected chi connectivity index (χ1v) is 6.03. The van der Waals surface area contributed by atoms with Crippen LogP contribution in [0, 0.1) is 5.92 Å². The molecule has 0 amide bonds. The fourth-order valence-electron chi connectivity index (χ4n) is 2.11. The van der Waals surface area contributed by atoms with Gasteiger partial charge < -0.3 is 0 Å². The van der Waals surface area contributed by atoms with Gasteiger partial charge in [-0.05, 0) is 11.6 Å². The quantitative estimate of drug-likeness (QED) is 0.789. The third kappa shape index (κ3) is 2.63. The maximum Gasteiger partial charge on any atom is 0.138 e. The largest absolute Gasteiger partial charge is 0.299 e.